The third-order valence-electron chi connectivity index (χ3n) is 5.40. The minimum absolute atomic E-state index is 0.0299. The first-order chi connectivity index (χ1) is 11.1. The highest BCUT2D eigenvalue weighted by atomic mass is 35.5. The molecule has 1 saturated carbocycles. The van der Waals surface area contributed by atoms with E-state index in [9.17, 15) is 16.8 Å². The maximum Gasteiger partial charge on any atom is 0.241 e. The summed E-state index contributed by atoms with van der Waals surface area (Å²) in [7, 11) is -7.33. The highest BCUT2D eigenvalue weighted by molar-refractivity contribution is 7.91. The molecule has 2 aliphatic carbocycles. The van der Waals surface area contributed by atoms with Gasteiger partial charge in [-0.3, -0.25) is 0 Å². The first-order valence-electron chi connectivity index (χ1n) is 7.88. The standard InChI is InChI=1S/C16H18ClNO4S2/c1-23(19,20)16-8-15-11(6-13(16)17)7-14(18-24(15,21)22)12-5-9-2-3-10(12)4-9/h2-3,6,8-10,12,14,18H,4-5,7H2,1H3. The van der Waals surface area contributed by atoms with Gasteiger partial charge >= 0.3 is 0 Å². The van der Waals surface area contributed by atoms with Gasteiger partial charge in [0.2, 0.25) is 10.0 Å². The Morgan fingerprint density at radius 2 is 1.96 bits per heavy atom. The van der Waals surface area contributed by atoms with Gasteiger partial charge in [-0.2, -0.15) is 0 Å². The molecule has 4 atom stereocenters. The zero-order valence-electron chi connectivity index (χ0n) is 13.1. The van der Waals surface area contributed by atoms with Gasteiger partial charge in [0.05, 0.1) is 14.8 Å². The van der Waals surface area contributed by atoms with Crippen LogP contribution in [0.25, 0.3) is 0 Å². The van der Waals surface area contributed by atoms with Crippen molar-refractivity contribution in [1.29, 1.82) is 0 Å². The van der Waals surface area contributed by atoms with Gasteiger partial charge in [-0.05, 0) is 54.7 Å². The Morgan fingerprint density at radius 3 is 2.54 bits per heavy atom. The highest BCUT2D eigenvalue weighted by Gasteiger charge is 2.43. The predicted octanol–water partition coefficient (Wildman–Crippen LogP) is 2.16. The molecule has 0 spiro atoms. The highest BCUT2D eigenvalue weighted by Crippen LogP contribution is 2.46. The van der Waals surface area contributed by atoms with Gasteiger partial charge in [0.25, 0.3) is 0 Å². The number of sulfone groups is 1. The Hall–Kier alpha value is -0.890. The number of hydrogen-bond donors (Lipinski definition) is 1. The minimum atomic E-state index is -3.74. The quantitative estimate of drug-likeness (QED) is 0.788. The number of fused-ring (bicyclic) bond motifs is 3. The van der Waals surface area contributed by atoms with E-state index >= 15 is 0 Å². The number of allylic oxidation sites excluding steroid dienone is 2. The summed E-state index contributed by atoms with van der Waals surface area (Å²) in [5, 5.41) is 0.0833. The van der Waals surface area contributed by atoms with E-state index in [0.29, 0.717) is 23.8 Å². The van der Waals surface area contributed by atoms with E-state index in [1.165, 1.54) is 12.1 Å². The number of hydrogen-bond acceptors (Lipinski definition) is 4. The summed E-state index contributed by atoms with van der Waals surface area (Å²) in [6.45, 7) is 0. The smallest absolute Gasteiger partial charge is 0.224 e. The van der Waals surface area contributed by atoms with Crippen LogP contribution >= 0.6 is 11.6 Å². The first kappa shape index (κ1) is 16.6. The van der Waals surface area contributed by atoms with Crippen molar-refractivity contribution in [3.63, 3.8) is 0 Å². The van der Waals surface area contributed by atoms with Crippen LogP contribution in [0, 0.1) is 17.8 Å². The maximum absolute atomic E-state index is 12.7. The fourth-order valence-corrected chi connectivity index (χ4v) is 7.31. The van der Waals surface area contributed by atoms with E-state index in [1.807, 2.05) is 0 Å². The Morgan fingerprint density at radius 1 is 1.21 bits per heavy atom. The summed E-state index contributed by atoms with van der Waals surface area (Å²) in [6, 6.07) is 2.52. The molecule has 24 heavy (non-hydrogen) atoms. The van der Waals surface area contributed by atoms with Crippen LogP contribution in [-0.2, 0) is 26.3 Å². The average Bonchev–Trinajstić information content (AvgIpc) is 3.06. The summed E-state index contributed by atoms with van der Waals surface area (Å²) in [5.74, 6) is 1.27. The number of sulfonamides is 1. The second-order valence-corrected chi connectivity index (χ2v) is 11.1. The second-order valence-electron chi connectivity index (χ2n) is 7.04. The Balaban J connectivity index is 1.76. The number of halogens is 1. The predicted molar refractivity (Wildman–Crippen MR) is 91.2 cm³/mol. The summed E-state index contributed by atoms with van der Waals surface area (Å²) >= 11 is 6.10. The van der Waals surface area contributed by atoms with Gasteiger partial charge in [-0.1, -0.05) is 23.8 Å². The maximum atomic E-state index is 12.7. The fourth-order valence-electron chi connectivity index (χ4n) is 4.34. The number of nitrogens with one attached hydrogen (secondary N) is 1. The van der Waals surface area contributed by atoms with Crippen LogP contribution in [0.4, 0.5) is 0 Å². The van der Waals surface area contributed by atoms with Gasteiger partial charge in [-0.15, -0.1) is 0 Å². The lowest BCUT2D eigenvalue weighted by Gasteiger charge is -2.33. The summed E-state index contributed by atoms with van der Waals surface area (Å²) in [5.41, 5.74) is 0.600. The van der Waals surface area contributed by atoms with Crippen molar-refractivity contribution in [2.24, 2.45) is 17.8 Å². The van der Waals surface area contributed by atoms with Crippen molar-refractivity contribution in [1.82, 2.24) is 4.72 Å². The summed E-state index contributed by atoms with van der Waals surface area (Å²) < 4.78 is 51.7. The molecule has 0 aromatic heterocycles. The average molecular weight is 388 g/mol. The molecule has 1 N–H and O–H groups in total. The first-order valence-corrected chi connectivity index (χ1v) is 11.6. The Labute approximate surface area is 147 Å². The second kappa shape index (κ2) is 5.30. The van der Waals surface area contributed by atoms with Crippen molar-refractivity contribution >= 4 is 31.5 Å². The van der Waals surface area contributed by atoms with E-state index in [1.54, 1.807) is 0 Å². The van der Waals surface area contributed by atoms with Crippen LogP contribution in [0.2, 0.25) is 5.02 Å². The van der Waals surface area contributed by atoms with E-state index in [-0.39, 0.29) is 26.8 Å². The van der Waals surface area contributed by atoms with Crippen LogP contribution < -0.4 is 4.72 Å². The molecule has 1 aromatic carbocycles. The van der Waals surface area contributed by atoms with Crippen LogP contribution in [0.1, 0.15) is 18.4 Å². The molecule has 1 aliphatic heterocycles. The minimum Gasteiger partial charge on any atom is -0.224 e. The normalized spacial score (nSPS) is 33.6. The molecule has 3 aliphatic rings. The van der Waals surface area contributed by atoms with Gasteiger partial charge in [0.15, 0.2) is 9.84 Å². The van der Waals surface area contributed by atoms with Crippen LogP contribution in [0.3, 0.4) is 0 Å². The van der Waals surface area contributed by atoms with Gasteiger partial charge in [0.1, 0.15) is 0 Å². The molecule has 1 fully saturated rings. The number of rotatable bonds is 2. The van der Waals surface area contributed by atoms with Gasteiger partial charge in [-0.25, -0.2) is 21.6 Å². The van der Waals surface area contributed by atoms with E-state index < -0.39 is 19.9 Å². The molecule has 0 amide bonds. The van der Waals surface area contributed by atoms with Crippen molar-refractivity contribution in [2.75, 3.05) is 6.26 Å². The van der Waals surface area contributed by atoms with E-state index in [4.69, 9.17) is 11.6 Å². The lowest BCUT2D eigenvalue weighted by Crippen LogP contribution is -2.46. The van der Waals surface area contributed by atoms with Crippen molar-refractivity contribution in [2.45, 2.75) is 35.1 Å². The van der Waals surface area contributed by atoms with Gasteiger partial charge < -0.3 is 0 Å². The van der Waals surface area contributed by atoms with Crippen LogP contribution in [-0.4, -0.2) is 29.1 Å². The SMILES string of the molecule is CS(=O)(=O)c1cc2c(cc1Cl)CC(C1CC3C=CC1C3)NS2(=O)=O. The van der Waals surface area contributed by atoms with E-state index in [0.717, 1.165) is 19.1 Å². The van der Waals surface area contributed by atoms with Crippen LogP contribution in [0.15, 0.2) is 34.1 Å². The Kier molecular flexibility index (Phi) is 3.66. The molecule has 4 rings (SSSR count). The van der Waals surface area contributed by atoms with Gasteiger partial charge in [0, 0.05) is 12.3 Å². The molecule has 0 saturated heterocycles. The zero-order chi connectivity index (χ0) is 17.3. The summed E-state index contributed by atoms with van der Waals surface area (Å²) in [6.07, 6.45) is 8.08. The molecule has 1 heterocycles. The van der Waals surface area contributed by atoms with Crippen molar-refractivity contribution in [3.05, 3.63) is 34.9 Å². The molecule has 5 nitrogen and oxygen atoms in total. The Bertz CT molecular complexity index is 953. The largest absolute Gasteiger partial charge is 0.241 e. The van der Waals surface area contributed by atoms with Crippen molar-refractivity contribution < 1.29 is 16.8 Å². The third-order valence-corrected chi connectivity index (χ3v) is 8.53. The lowest BCUT2D eigenvalue weighted by molar-refractivity contribution is 0.332. The molecule has 130 valence electrons. The molecular weight excluding hydrogens is 370 g/mol. The topological polar surface area (TPSA) is 80.3 Å². The molecule has 0 radical (unpaired) electrons. The van der Waals surface area contributed by atoms with Crippen LogP contribution in [0.5, 0.6) is 0 Å². The molecule has 1 aromatic rings. The molecular formula is C16H18ClNO4S2. The molecule has 2 bridgehead atoms. The summed E-state index contributed by atoms with van der Waals surface area (Å²) in [4.78, 5) is -0.114. The zero-order valence-corrected chi connectivity index (χ0v) is 15.5. The fraction of sp³-hybridized carbons (Fsp3) is 0.500. The molecule has 8 heteroatoms. The lowest BCUT2D eigenvalue weighted by atomic mass is 9.84. The van der Waals surface area contributed by atoms with E-state index in [2.05, 4.69) is 16.9 Å². The number of benzene rings is 1. The molecule has 4 unspecified atom stereocenters. The third kappa shape index (κ3) is 2.62. The van der Waals surface area contributed by atoms with Crippen molar-refractivity contribution in [3.8, 4) is 0 Å². The monoisotopic (exact) mass is 387 g/mol.